The highest BCUT2D eigenvalue weighted by atomic mass is 16.6. The average Bonchev–Trinajstić information content (AvgIpc) is 2.16. The monoisotopic (exact) mass is 207 g/mol. The van der Waals surface area contributed by atoms with Crippen LogP contribution in [0.3, 0.4) is 0 Å². The van der Waals surface area contributed by atoms with Crippen LogP contribution in [0, 0.1) is 10.1 Å². The summed E-state index contributed by atoms with van der Waals surface area (Å²) < 4.78 is 5.00. The second-order valence-electron chi connectivity index (χ2n) is 3.69. The molecule has 0 saturated carbocycles. The van der Waals surface area contributed by atoms with Gasteiger partial charge in [0.05, 0.1) is 11.3 Å². The van der Waals surface area contributed by atoms with E-state index >= 15 is 0 Å². The second-order valence-corrected chi connectivity index (χ2v) is 3.69. The Kier molecular flexibility index (Phi) is 1.96. The Morgan fingerprint density at radius 1 is 1.40 bits per heavy atom. The van der Waals surface area contributed by atoms with Crippen LogP contribution in [0.5, 0.6) is 0 Å². The summed E-state index contributed by atoms with van der Waals surface area (Å²) in [5, 5.41) is 10.4. The van der Waals surface area contributed by atoms with Crippen molar-refractivity contribution in [1.82, 2.24) is 0 Å². The van der Waals surface area contributed by atoms with E-state index in [9.17, 15) is 14.9 Å². The van der Waals surface area contributed by atoms with Gasteiger partial charge >= 0.3 is 5.97 Å². The van der Waals surface area contributed by atoms with Gasteiger partial charge in [-0.2, -0.15) is 0 Å². The first-order valence-corrected chi connectivity index (χ1v) is 4.48. The number of nitrogens with zero attached hydrogens (tertiary/aromatic N) is 1. The summed E-state index contributed by atoms with van der Waals surface area (Å²) in [4.78, 5) is 20.7. The molecule has 5 heteroatoms. The molecule has 1 aliphatic rings. The second kappa shape index (κ2) is 3.05. The number of benzene rings is 1. The SMILES string of the molecule is CC1(c2ccc([N+](=O)[O-])cc2)CC(=O)O1. The van der Waals surface area contributed by atoms with Crippen LogP contribution in [0.15, 0.2) is 24.3 Å². The lowest BCUT2D eigenvalue weighted by Crippen LogP contribution is -2.42. The van der Waals surface area contributed by atoms with Gasteiger partial charge < -0.3 is 4.74 Å². The summed E-state index contributed by atoms with van der Waals surface area (Å²) >= 11 is 0. The third-order valence-electron chi connectivity index (χ3n) is 2.51. The van der Waals surface area contributed by atoms with E-state index in [1.807, 2.05) is 0 Å². The maximum Gasteiger partial charge on any atom is 0.311 e. The topological polar surface area (TPSA) is 69.4 Å². The molecule has 5 nitrogen and oxygen atoms in total. The quantitative estimate of drug-likeness (QED) is 0.421. The molecule has 1 atom stereocenters. The van der Waals surface area contributed by atoms with Gasteiger partial charge in [-0.05, 0) is 24.6 Å². The van der Waals surface area contributed by atoms with E-state index in [2.05, 4.69) is 0 Å². The molecule has 0 aliphatic carbocycles. The molecular formula is C10H9NO4. The Morgan fingerprint density at radius 2 is 1.93 bits per heavy atom. The van der Waals surface area contributed by atoms with Crippen molar-refractivity contribution in [1.29, 1.82) is 0 Å². The molecule has 0 spiro atoms. The first kappa shape index (κ1) is 9.64. The van der Waals surface area contributed by atoms with E-state index < -0.39 is 10.5 Å². The zero-order chi connectivity index (χ0) is 11.1. The minimum absolute atomic E-state index is 0.0352. The lowest BCUT2D eigenvalue weighted by molar-refractivity contribution is -0.384. The van der Waals surface area contributed by atoms with Crippen molar-refractivity contribution in [2.75, 3.05) is 0 Å². The van der Waals surface area contributed by atoms with Crippen LogP contribution >= 0.6 is 0 Å². The molecule has 0 N–H and O–H groups in total. The summed E-state index contributed by atoms with van der Waals surface area (Å²) in [6, 6.07) is 6.05. The maximum atomic E-state index is 10.7. The largest absolute Gasteiger partial charge is 0.454 e. The molecule has 15 heavy (non-hydrogen) atoms. The zero-order valence-corrected chi connectivity index (χ0v) is 8.10. The maximum absolute atomic E-state index is 10.7. The van der Waals surface area contributed by atoms with Gasteiger partial charge in [-0.25, -0.2) is 0 Å². The van der Waals surface area contributed by atoms with Crippen molar-refractivity contribution < 1.29 is 14.5 Å². The predicted molar refractivity (Wildman–Crippen MR) is 51.2 cm³/mol. The molecule has 0 radical (unpaired) electrons. The Morgan fingerprint density at radius 3 is 2.33 bits per heavy atom. The van der Waals surface area contributed by atoms with Crippen molar-refractivity contribution in [3.05, 3.63) is 39.9 Å². The molecule has 1 aromatic rings. The van der Waals surface area contributed by atoms with Gasteiger partial charge in [0.2, 0.25) is 0 Å². The highest BCUT2D eigenvalue weighted by Gasteiger charge is 2.43. The first-order valence-electron chi connectivity index (χ1n) is 4.48. The summed E-state index contributed by atoms with van der Waals surface area (Å²) in [7, 11) is 0. The van der Waals surface area contributed by atoms with Crippen LogP contribution in [0.2, 0.25) is 0 Å². The molecule has 0 bridgehead atoms. The number of hydrogen-bond acceptors (Lipinski definition) is 4. The van der Waals surface area contributed by atoms with Crippen molar-refractivity contribution >= 4 is 11.7 Å². The molecule has 1 unspecified atom stereocenters. The Balaban J connectivity index is 2.24. The summed E-state index contributed by atoms with van der Waals surface area (Å²) in [5.41, 5.74) is 0.215. The third-order valence-corrected chi connectivity index (χ3v) is 2.51. The highest BCUT2D eigenvalue weighted by molar-refractivity contribution is 5.77. The number of esters is 1. The minimum atomic E-state index is -0.605. The number of nitro groups is 1. The number of carbonyl (C=O) groups is 1. The van der Waals surface area contributed by atoms with Gasteiger partial charge in [-0.3, -0.25) is 14.9 Å². The zero-order valence-electron chi connectivity index (χ0n) is 8.10. The van der Waals surface area contributed by atoms with Gasteiger partial charge in [0.1, 0.15) is 5.60 Å². The molecule has 1 fully saturated rings. The minimum Gasteiger partial charge on any atom is -0.454 e. The molecule has 1 aromatic carbocycles. The number of ether oxygens (including phenoxy) is 1. The van der Waals surface area contributed by atoms with Crippen molar-refractivity contribution in [2.24, 2.45) is 0 Å². The molecule has 0 aromatic heterocycles. The number of non-ortho nitro benzene ring substituents is 1. The fraction of sp³-hybridized carbons (Fsp3) is 0.300. The Hall–Kier alpha value is -1.91. The number of hydrogen-bond donors (Lipinski definition) is 0. The summed E-state index contributed by atoms with van der Waals surface area (Å²) in [6.07, 6.45) is 0.324. The fourth-order valence-corrected chi connectivity index (χ4v) is 1.62. The number of carbonyl (C=O) groups excluding carboxylic acids is 1. The van der Waals surface area contributed by atoms with Gasteiger partial charge in [0.15, 0.2) is 0 Å². The molecule has 1 aliphatic heterocycles. The van der Waals surface area contributed by atoms with Gasteiger partial charge in [-0.1, -0.05) is 0 Å². The average molecular weight is 207 g/mol. The molecule has 78 valence electrons. The molecule has 1 saturated heterocycles. The van der Waals surface area contributed by atoms with E-state index in [1.54, 1.807) is 19.1 Å². The lowest BCUT2D eigenvalue weighted by Gasteiger charge is -2.37. The summed E-state index contributed by atoms with van der Waals surface area (Å²) in [5.74, 6) is -0.240. The normalized spacial score (nSPS) is 24.2. The van der Waals surface area contributed by atoms with Crippen LogP contribution in [0.4, 0.5) is 5.69 Å². The van der Waals surface area contributed by atoms with E-state index in [0.717, 1.165) is 5.56 Å². The highest BCUT2D eigenvalue weighted by Crippen LogP contribution is 2.38. The van der Waals surface area contributed by atoms with Gasteiger partial charge in [0.25, 0.3) is 5.69 Å². The lowest BCUT2D eigenvalue weighted by atomic mass is 9.88. The Bertz CT molecular complexity index is 416. The van der Waals surface area contributed by atoms with Crippen LogP contribution in [0.1, 0.15) is 18.9 Å². The van der Waals surface area contributed by atoms with Gasteiger partial charge in [0, 0.05) is 12.1 Å². The molecule has 1 heterocycles. The van der Waals surface area contributed by atoms with Crippen LogP contribution in [-0.4, -0.2) is 10.9 Å². The molecule has 0 amide bonds. The van der Waals surface area contributed by atoms with Crippen LogP contribution in [-0.2, 0) is 15.1 Å². The number of nitro benzene ring substituents is 1. The predicted octanol–water partition coefficient (Wildman–Crippen LogP) is 1.76. The van der Waals surface area contributed by atoms with E-state index in [-0.39, 0.29) is 11.7 Å². The van der Waals surface area contributed by atoms with Gasteiger partial charge in [-0.15, -0.1) is 0 Å². The molecule has 2 rings (SSSR count). The first-order chi connectivity index (χ1) is 7.01. The van der Waals surface area contributed by atoms with Crippen molar-refractivity contribution in [3.8, 4) is 0 Å². The standard InChI is InChI=1S/C10H9NO4/c1-10(6-9(12)15-10)7-2-4-8(5-3-7)11(13)14/h2-5H,6H2,1H3. The Labute approximate surface area is 85.8 Å². The van der Waals surface area contributed by atoms with Crippen molar-refractivity contribution in [2.45, 2.75) is 18.9 Å². The fourth-order valence-electron chi connectivity index (χ4n) is 1.62. The van der Waals surface area contributed by atoms with Crippen LogP contribution < -0.4 is 0 Å². The summed E-state index contributed by atoms with van der Waals surface area (Å²) in [6.45, 7) is 1.79. The van der Waals surface area contributed by atoms with Crippen LogP contribution in [0.25, 0.3) is 0 Å². The number of rotatable bonds is 2. The molecular weight excluding hydrogens is 198 g/mol. The number of cyclic esters (lactones) is 1. The third kappa shape index (κ3) is 1.56. The smallest absolute Gasteiger partial charge is 0.311 e. The van der Waals surface area contributed by atoms with E-state index in [0.29, 0.717) is 6.42 Å². The van der Waals surface area contributed by atoms with E-state index in [1.165, 1.54) is 12.1 Å². The van der Waals surface area contributed by atoms with Crippen molar-refractivity contribution in [3.63, 3.8) is 0 Å². The van der Waals surface area contributed by atoms with E-state index in [4.69, 9.17) is 4.74 Å².